The largest absolute Gasteiger partial charge is 0.389 e. The predicted octanol–water partition coefficient (Wildman–Crippen LogP) is 3.33. The fourth-order valence-electron chi connectivity index (χ4n) is 2.25. The summed E-state index contributed by atoms with van der Waals surface area (Å²) in [6, 6.07) is 9.23. The zero-order valence-corrected chi connectivity index (χ0v) is 13.3. The maximum atomic E-state index is 13.7. The highest BCUT2D eigenvalue weighted by Gasteiger charge is 2.13. The van der Waals surface area contributed by atoms with E-state index in [4.69, 9.17) is 4.74 Å². The van der Waals surface area contributed by atoms with Crippen molar-refractivity contribution in [3.05, 3.63) is 71.0 Å². The van der Waals surface area contributed by atoms with Crippen molar-refractivity contribution in [1.82, 2.24) is 5.32 Å². The molecule has 2 unspecified atom stereocenters. The van der Waals surface area contributed by atoms with Crippen molar-refractivity contribution in [2.24, 2.45) is 0 Å². The van der Waals surface area contributed by atoms with Crippen LogP contribution in [0.4, 0.5) is 13.2 Å². The fraction of sp³-hybridized carbons (Fsp3) is 0.333. The van der Waals surface area contributed by atoms with Crippen molar-refractivity contribution in [3.63, 3.8) is 0 Å². The van der Waals surface area contributed by atoms with E-state index in [-0.39, 0.29) is 25.6 Å². The lowest BCUT2D eigenvalue weighted by Crippen LogP contribution is -2.32. The van der Waals surface area contributed by atoms with Crippen LogP contribution in [0.15, 0.2) is 42.5 Å². The number of halogens is 3. The molecule has 0 aliphatic rings. The van der Waals surface area contributed by atoms with Crippen LogP contribution in [-0.2, 0) is 11.3 Å². The Morgan fingerprint density at radius 2 is 1.83 bits per heavy atom. The van der Waals surface area contributed by atoms with Gasteiger partial charge in [0.2, 0.25) is 0 Å². The second-order valence-corrected chi connectivity index (χ2v) is 5.56. The Bertz CT molecular complexity index is 666. The monoisotopic (exact) mass is 339 g/mol. The van der Waals surface area contributed by atoms with Gasteiger partial charge in [0.25, 0.3) is 0 Å². The molecule has 0 bridgehead atoms. The van der Waals surface area contributed by atoms with E-state index >= 15 is 0 Å². The molecule has 0 amide bonds. The molecule has 2 atom stereocenters. The van der Waals surface area contributed by atoms with Crippen molar-refractivity contribution in [1.29, 1.82) is 0 Å². The molecule has 2 rings (SSSR count). The summed E-state index contributed by atoms with van der Waals surface area (Å²) in [6.45, 7) is 1.95. The first-order chi connectivity index (χ1) is 11.5. The molecule has 3 nitrogen and oxygen atoms in total. The van der Waals surface area contributed by atoms with Crippen molar-refractivity contribution in [2.45, 2.75) is 25.7 Å². The molecule has 0 aliphatic heterocycles. The van der Waals surface area contributed by atoms with Gasteiger partial charge in [-0.2, -0.15) is 0 Å². The van der Waals surface area contributed by atoms with Crippen LogP contribution in [0.5, 0.6) is 0 Å². The minimum Gasteiger partial charge on any atom is -0.389 e. The molecule has 0 aromatic heterocycles. The van der Waals surface area contributed by atoms with Gasteiger partial charge in [0, 0.05) is 29.8 Å². The van der Waals surface area contributed by atoms with E-state index in [1.807, 2.05) is 0 Å². The Hall–Kier alpha value is -1.89. The minimum atomic E-state index is -0.831. The molecule has 0 aliphatic carbocycles. The van der Waals surface area contributed by atoms with E-state index in [0.29, 0.717) is 11.1 Å². The molecule has 2 N–H and O–H groups in total. The van der Waals surface area contributed by atoms with Crippen LogP contribution in [0, 0.1) is 17.5 Å². The van der Waals surface area contributed by atoms with Crippen molar-refractivity contribution in [2.75, 3.05) is 13.2 Å². The number of hydrogen-bond donors (Lipinski definition) is 2. The maximum Gasteiger partial charge on any atom is 0.130 e. The Balaban J connectivity index is 1.74. The van der Waals surface area contributed by atoms with Crippen molar-refractivity contribution < 1.29 is 23.0 Å². The lowest BCUT2D eigenvalue weighted by atomic mass is 10.1. The van der Waals surface area contributed by atoms with E-state index in [1.54, 1.807) is 25.1 Å². The summed E-state index contributed by atoms with van der Waals surface area (Å²) in [4.78, 5) is 0. The lowest BCUT2D eigenvalue weighted by Gasteiger charge is -2.18. The van der Waals surface area contributed by atoms with E-state index in [1.165, 1.54) is 18.2 Å². The molecule has 130 valence electrons. The summed E-state index contributed by atoms with van der Waals surface area (Å²) in [5, 5.41) is 12.8. The van der Waals surface area contributed by atoms with Gasteiger partial charge >= 0.3 is 0 Å². The Morgan fingerprint density at radius 1 is 1.08 bits per heavy atom. The van der Waals surface area contributed by atoms with Gasteiger partial charge in [0.15, 0.2) is 0 Å². The molecule has 0 fully saturated rings. The molecule has 0 spiro atoms. The summed E-state index contributed by atoms with van der Waals surface area (Å²) in [5.74, 6) is -1.63. The average Bonchev–Trinajstić information content (AvgIpc) is 2.54. The number of aliphatic hydroxyl groups excluding tert-OH is 1. The van der Waals surface area contributed by atoms with E-state index in [9.17, 15) is 18.3 Å². The summed E-state index contributed by atoms with van der Waals surface area (Å²) >= 11 is 0. The van der Waals surface area contributed by atoms with Gasteiger partial charge in [0.1, 0.15) is 17.5 Å². The predicted molar refractivity (Wildman–Crippen MR) is 84.8 cm³/mol. The van der Waals surface area contributed by atoms with Crippen LogP contribution in [0.25, 0.3) is 0 Å². The molecule has 6 heteroatoms. The number of ether oxygens (including phenoxy) is 1. The SMILES string of the molecule is CC(NCC(O)COCc1ccccc1F)c1ccc(F)cc1F. The highest BCUT2D eigenvalue weighted by Crippen LogP contribution is 2.17. The first kappa shape index (κ1) is 18.4. The first-order valence-electron chi connectivity index (χ1n) is 7.65. The summed E-state index contributed by atoms with van der Waals surface area (Å²) in [5.41, 5.74) is 0.732. The number of hydrogen-bond acceptors (Lipinski definition) is 3. The summed E-state index contributed by atoms with van der Waals surface area (Å²) in [6.07, 6.45) is -0.831. The molecule has 2 aromatic rings. The molecular formula is C18H20F3NO2. The Morgan fingerprint density at radius 3 is 2.54 bits per heavy atom. The number of benzene rings is 2. The maximum absolute atomic E-state index is 13.7. The lowest BCUT2D eigenvalue weighted by molar-refractivity contribution is 0.0268. The van der Waals surface area contributed by atoms with Crippen LogP contribution in [0.3, 0.4) is 0 Å². The summed E-state index contributed by atoms with van der Waals surface area (Å²) in [7, 11) is 0. The van der Waals surface area contributed by atoms with Crippen LogP contribution in [-0.4, -0.2) is 24.4 Å². The Kier molecular flexibility index (Phi) is 6.78. The quantitative estimate of drug-likeness (QED) is 0.775. The Labute approximate surface area is 139 Å². The van der Waals surface area contributed by atoms with Crippen LogP contribution in [0.2, 0.25) is 0 Å². The normalized spacial score (nSPS) is 13.7. The third-order valence-corrected chi connectivity index (χ3v) is 3.61. The van der Waals surface area contributed by atoms with Gasteiger partial charge in [-0.25, -0.2) is 13.2 Å². The highest BCUT2D eigenvalue weighted by atomic mass is 19.1. The number of rotatable bonds is 8. The third kappa shape index (κ3) is 5.33. The van der Waals surface area contributed by atoms with Crippen LogP contribution in [0.1, 0.15) is 24.1 Å². The average molecular weight is 339 g/mol. The summed E-state index contributed by atoms with van der Waals surface area (Å²) < 4.78 is 45.2. The molecule has 24 heavy (non-hydrogen) atoms. The van der Waals surface area contributed by atoms with Gasteiger partial charge in [0.05, 0.1) is 19.3 Å². The molecular weight excluding hydrogens is 319 g/mol. The second kappa shape index (κ2) is 8.82. The minimum absolute atomic E-state index is 0.0138. The van der Waals surface area contributed by atoms with E-state index in [0.717, 1.165) is 6.07 Å². The van der Waals surface area contributed by atoms with Gasteiger partial charge in [-0.3, -0.25) is 0 Å². The van der Waals surface area contributed by atoms with Gasteiger partial charge in [-0.15, -0.1) is 0 Å². The van der Waals surface area contributed by atoms with Crippen molar-refractivity contribution >= 4 is 0 Å². The van der Waals surface area contributed by atoms with Crippen LogP contribution >= 0.6 is 0 Å². The smallest absolute Gasteiger partial charge is 0.130 e. The molecule has 2 aromatic carbocycles. The highest BCUT2D eigenvalue weighted by molar-refractivity contribution is 5.21. The fourth-order valence-corrected chi connectivity index (χ4v) is 2.25. The number of aliphatic hydroxyl groups is 1. The first-order valence-corrected chi connectivity index (χ1v) is 7.65. The molecule has 0 heterocycles. The zero-order chi connectivity index (χ0) is 17.5. The molecule has 0 saturated carbocycles. The third-order valence-electron chi connectivity index (χ3n) is 3.61. The molecule has 0 saturated heterocycles. The van der Waals surface area contributed by atoms with Gasteiger partial charge in [-0.1, -0.05) is 24.3 Å². The van der Waals surface area contributed by atoms with Crippen molar-refractivity contribution in [3.8, 4) is 0 Å². The van der Waals surface area contributed by atoms with E-state index in [2.05, 4.69) is 5.32 Å². The van der Waals surface area contributed by atoms with Gasteiger partial charge in [-0.05, 0) is 19.1 Å². The topological polar surface area (TPSA) is 41.5 Å². The van der Waals surface area contributed by atoms with Gasteiger partial charge < -0.3 is 15.2 Å². The standard InChI is InChI=1S/C18H20F3NO2/c1-12(16-7-6-14(19)8-18(16)21)22-9-15(23)11-24-10-13-4-2-3-5-17(13)20/h2-8,12,15,22-23H,9-11H2,1H3. The zero-order valence-electron chi connectivity index (χ0n) is 13.3. The second-order valence-electron chi connectivity index (χ2n) is 5.56. The van der Waals surface area contributed by atoms with Crippen LogP contribution < -0.4 is 5.32 Å². The van der Waals surface area contributed by atoms with E-state index < -0.39 is 23.8 Å². The number of nitrogens with one attached hydrogen (secondary N) is 1. The molecule has 0 radical (unpaired) electrons.